The number of carbonyl (C=O) groups is 1. The summed E-state index contributed by atoms with van der Waals surface area (Å²) in [5.74, 6) is -0.411. The minimum absolute atomic E-state index is 0.00261. The summed E-state index contributed by atoms with van der Waals surface area (Å²) in [6.45, 7) is 4.33. The van der Waals surface area contributed by atoms with E-state index in [1.54, 1.807) is 37.5 Å². The molecule has 0 bridgehead atoms. The predicted octanol–water partition coefficient (Wildman–Crippen LogP) is 1.38. The lowest BCUT2D eigenvalue weighted by Gasteiger charge is -2.21. The molecule has 0 unspecified atom stereocenters. The van der Waals surface area contributed by atoms with Crippen molar-refractivity contribution in [2.45, 2.75) is 33.2 Å². The highest BCUT2D eigenvalue weighted by molar-refractivity contribution is 6.05. The van der Waals surface area contributed by atoms with E-state index < -0.39 is 17.2 Å². The van der Waals surface area contributed by atoms with E-state index in [1.165, 1.54) is 15.5 Å². The molecule has 2 aromatic rings. The van der Waals surface area contributed by atoms with Gasteiger partial charge in [0.05, 0.1) is 0 Å². The molecule has 0 saturated heterocycles. The van der Waals surface area contributed by atoms with Crippen LogP contribution in [0.5, 0.6) is 0 Å². The summed E-state index contributed by atoms with van der Waals surface area (Å²) in [6, 6.07) is 3.56. The third-order valence-electron chi connectivity index (χ3n) is 3.90. The third-order valence-corrected chi connectivity index (χ3v) is 3.90. The number of nitrogens with zero attached hydrogens (tertiary/aromatic N) is 3. The molecular formula is C18H23N5O3. The SMILES string of the molecule is CCCCn1c(N)c(N(CC)C(=O)/C=C\c2cccnc2)c(=O)[nH]c1=O. The van der Waals surface area contributed by atoms with Gasteiger partial charge in [-0.1, -0.05) is 19.4 Å². The number of aromatic nitrogens is 3. The van der Waals surface area contributed by atoms with Crippen LogP contribution in [0.15, 0.2) is 40.2 Å². The maximum atomic E-state index is 12.6. The first kappa shape index (κ1) is 19.2. The number of hydrogen-bond donors (Lipinski definition) is 2. The lowest BCUT2D eigenvalue weighted by atomic mass is 10.2. The number of pyridine rings is 1. The smallest absolute Gasteiger partial charge is 0.330 e. The van der Waals surface area contributed by atoms with Gasteiger partial charge in [-0.15, -0.1) is 0 Å². The molecule has 0 aliphatic carbocycles. The van der Waals surface area contributed by atoms with Crippen LogP contribution in [0.25, 0.3) is 6.08 Å². The second-order valence-electron chi connectivity index (χ2n) is 5.70. The van der Waals surface area contributed by atoms with E-state index in [-0.39, 0.29) is 18.1 Å². The molecule has 0 fully saturated rings. The van der Waals surface area contributed by atoms with Crippen LogP contribution in [-0.2, 0) is 11.3 Å². The molecule has 0 aromatic carbocycles. The Bertz CT molecular complexity index is 899. The number of amides is 1. The Balaban J connectivity index is 2.40. The van der Waals surface area contributed by atoms with Crippen LogP contribution < -0.4 is 21.9 Å². The van der Waals surface area contributed by atoms with Crippen molar-refractivity contribution in [2.24, 2.45) is 0 Å². The van der Waals surface area contributed by atoms with Gasteiger partial charge >= 0.3 is 5.69 Å². The molecule has 0 saturated carbocycles. The topological polar surface area (TPSA) is 114 Å². The van der Waals surface area contributed by atoms with Crippen molar-refractivity contribution in [2.75, 3.05) is 17.2 Å². The van der Waals surface area contributed by atoms with Crippen molar-refractivity contribution in [3.05, 3.63) is 57.0 Å². The van der Waals surface area contributed by atoms with Crippen LogP contribution in [0.3, 0.4) is 0 Å². The maximum Gasteiger partial charge on any atom is 0.330 e. The molecule has 8 heteroatoms. The summed E-state index contributed by atoms with van der Waals surface area (Å²) in [5, 5.41) is 0. The Hall–Kier alpha value is -3.16. The van der Waals surface area contributed by atoms with Gasteiger partial charge in [-0.3, -0.25) is 24.1 Å². The average Bonchev–Trinajstić information content (AvgIpc) is 2.63. The molecular weight excluding hydrogens is 334 g/mol. The standard InChI is InChI=1S/C18H23N5O3/c1-3-5-11-23-16(19)15(17(25)21-18(23)26)22(4-2)14(24)9-8-13-7-6-10-20-12-13/h6-10,12H,3-5,11,19H2,1-2H3,(H,21,25,26)/b9-8-. The van der Waals surface area contributed by atoms with Crippen molar-refractivity contribution in [1.29, 1.82) is 0 Å². The van der Waals surface area contributed by atoms with E-state index in [9.17, 15) is 14.4 Å². The zero-order valence-electron chi connectivity index (χ0n) is 14.9. The number of aromatic amines is 1. The van der Waals surface area contributed by atoms with Gasteiger partial charge in [-0.2, -0.15) is 0 Å². The zero-order chi connectivity index (χ0) is 19.1. The normalized spacial score (nSPS) is 11.0. The molecule has 0 atom stereocenters. The van der Waals surface area contributed by atoms with Crippen LogP contribution in [0.1, 0.15) is 32.3 Å². The largest absolute Gasteiger partial charge is 0.383 e. The summed E-state index contributed by atoms with van der Waals surface area (Å²) in [5.41, 5.74) is 5.56. The lowest BCUT2D eigenvalue weighted by molar-refractivity contribution is -0.114. The quantitative estimate of drug-likeness (QED) is 0.727. The van der Waals surface area contributed by atoms with E-state index in [2.05, 4.69) is 9.97 Å². The zero-order valence-corrected chi connectivity index (χ0v) is 14.9. The highest BCUT2D eigenvalue weighted by Crippen LogP contribution is 2.17. The van der Waals surface area contributed by atoms with Gasteiger partial charge in [0.25, 0.3) is 11.5 Å². The minimum Gasteiger partial charge on any atom is -0.383 e. The van der Waals surface area contributed by atoms with Crippen molar-refractivity contribution in [3.63, 3.8) is 0 Å². The molecule has 8 nitrogen and oxygen atoms in total. The van der Waals surface area contributed by atoms with Gasteiger partial charge in [0.2, 0.25) is 0 Å². The minimum atomic E-state index is -0.676. The van der Waals surface area contributed by atoms with E-state index in [0.29, 0.717) is 6.54 Å². The van der Waals surface area contributed by atoms with Gasteiger partial charge < -0.3 is 10.6 Å². The number of nitrogen functional groups attached to an aromatic ring is 1. The fraction of sp³-hybridized carbons (Fsp3) is 0.333. The first-order valence-electron chi connectivity index (χ1n) is 8.51. The van der Waals surface area contributed by atoms with Crippen LogP contribution in [0.4, 0.5) is 11.5 Å². The molecule has 2 aromatic heterocycles. The number of nitrogens with two attached hydrogens (primary N) is 1. The maximum absolute atomic E-state index is 12.6. The molecule has 3 N–H and O–H groups in total. The van der Waals surface area contributed by atoms with E-state index in [4.69, 9.17) is 5.73 Å². The Morgan fingerprint density at radius 2 is 2.15 bits per heavy atom. The summed E-state index contributed by atoms with van der Waals surface area (Å²) in [6.07, 6.45) is 7.81. The molecule has 1 amide bonds. The molecule has 26 heavy (non-hydrogen) atoms. The Morgan fingerprint density at radius 1 is 1.38 bits per heavy atom. The number of rotatable bonds is 7. The molecule has 2 rings (SSSR count). The third kappa shape index (κ3) is 4.27. The number of carbonyl (C=O) groups excluding carboxylic acids is 1. The van der Waals surface area contributed by atoms with Crippen LogP contribution in [-0.4, -0.2) is 27.0 Å². The van der Waals surface area contributed by atoms with Gasteiger partial charge in [-0.05, 0) is 31.1 Å². The average molecular weight is 357 g/mol. The number of H-pyrrole nitrogens is 1. The van der Waals surface area contributed by atoms with Crippen molar-refractivity contribution in [3.8, 4) is 0 Å². The number of likely N-dealkylation sites (N-methyl/N-ethyl adjacent to an activating group) is 1. The van der Waals surface area contributed by atoms with Crippen LogP contribution in [0.2, 0.25) is 0 Å². The van der Waals surface area contributed by atoms with Gasteiger partial charge in [0.15, 0.2) is 5.69 Å². The summed E-state index contributed by atoms with van der Waals surface area (Å²) in [4.78, 5) is 44.4. The molecule has 0 spiro atoms. The number of hydrogen-bond acceptors (Lipinski definition) is 5. The second-order valence-corrected chi connectivity index (χ2v) is 5.70. The van der Waals surface area contributed by atoms with Gasteiger partial charge in [-0.25, -0.2) is 4.79 Å². The van der Waals surface area contributed by atoms with Gasteiger partial charge in [0, 0.05) is 31.6 Å². The fourth-order valence-electron chi connectivity index (χ4n) is 2.53. The molecule has 0 aliphatic rings. The molecule has 2 heterocycles. The first-order valence-corrected chi connectivity index (χ1v) is 8.51. The number of anilines is 2. The number of unbranched alkanes of at least 4 members (excludes halogenated alkanes) is 1. The van der Waals surface area contributed by atoms with Crippen molar-refractivity contribution in [1.82, 2.24) is 14.5 Å². The van der Waals surface area contributed by atoms with E-state index in [1.807, 2.05) is 6.92 Å². The van der Waals surface area contributed by atoms with E-state index >= 15 is 0 Å². The summed E-state index contributed by atoms with van der Waals surface area (Å²) < 4.78 is 1.29. The first-order chi connectivity index (χ1) is 12.5. The van der Waals surface area contributed by atoms with E-state index in [0.717, 1.165) is 18.4 Å². The summed E-state index contributed by atoms with van der Waals surface area (Å²) in [7, 11) is 0. The van der Waals surface area contributed by atoms with Gasteiger partial charge in [0.1, 0.15) is 5.82 Å². The van der Waals surface area contributed by atoms with Crippen molar-refractivity contribution >= 4 is 23.5 Å². The Morgan fingerprint density at radius 3 is 2.77 bits per heavy atom. The Labute approximate surface area is 151 Å². The number of nitrogens with one attached hydrogen (secondary N) is 1. The predicted molar refractivity (Wildman–Crippen MR) is 102 cm³/mol. The fourth-order valence-corrected chi connectivity index (χ4v) is 2.53. The lowest BCUT2D eigenvalue weighted by Crippen LogP contribution is -2.40. The highest BCUT2D eigenvalue weighted by atomic mass is 16.2. The second kappa shape index (κ2) is 8.80. The van der Waals surface area contributed by atoms with Crippen LogP contribution >= 0.6 is 0 Å². The Kier molecular flexibility index (Phi) is 6.48. The summed E-state index contributed by atoms with van der Waals surface area (Å²) >= 11 is 0. The highest BCUT2D eigenvalue weighted by Gasteiger charge is 2.21. The van der Waals surface area contributed by atoms with Crippen LogP contribution in [0, 0.1) is 0 Å². The van der Waals surface area contributed by atoms with Crippen molar-refractivity contribution < 1.29 is 4.79 Å². The molecule has 0 radical (unpaired) electrons. The monoisotopic (exact) mass is 357 g/mol. The molecule has 138 valence electrons. The molecule has 0 aliphatic heterocycles.